The van der Waals surface area contributed by atoms with E-state index >= 15 is 0 Å². The fourth-order valence-corrected chi connectivity index (χ4v) is 2.14. The molecule has 1 aromatic rings. The van der Waals surface area contributed by atoms with Crippen molar-refractivity contribution in [2.75, 3.05) is 18.0 Å². The van der Waals surface area contributed by atoms with Crippen LogP contribution in [0.2, 0.25) is 0 Å². The highest BCUT2D eigenvalue weighted by Crippen LogP contribution is 2.22. The van der Waals surface area contributed by atoms with E-state index < -0.39 is 0 Å². The van der Waals surface area contributed by atoms with Crippen molar-refractivity contribution < 1.29 is 0 Å². The van der Waals surface area contributed by atoms with Crippen LogP contribution in [-0.4, -0.2) is 12.8 Å². The fourth-order valence-electron chi connectivity index (χ4n) is 2.14. The molecule has 0 aliphatic carbocycles. The number of anilines is 2. The average molecular weight is 300 g/mol. The van der Waals surface area contributed by atoms with Crippen LogP contribution < -0.4 is 16.8 Å². The van der Waals surface area contributed by atoms with E-state index in [0.717, 1.165) is 19.4 Å². The number of nitrogens with zero attached hydrogens (tertiary/aromatic N) is 1. The molecule has 0 unspecified atom stereocenters. The Balaban J connectivity index is 0.000000255. The average Bonchev–Trinajstić information content (AvgIpc) is 2.56. The van der Waals surface area contributed by atoms with E-state index in [1.165, 1.54) is 23.3 Å². The third-order valence-electron chi connectivity index (χ3n) is 3.58. The first-order chi connectivity index (χ1) is 10.6. The molecule has 120 valence electrons. The van der Waals surface area contributed by atoms with Crippen LogP contribution in [0.5, 0.6) is 0 Å². The van der Waals surface area contributed by atoms with E-state index in [2.05, 4.69) is 24.2 Å². The highest BCUT2D eigenvalue weighted by atomic mass is 14.9. The van der Waals surface area contributed by atoms with Crippen LogP contribution in [-0.2, 0) is 0 Å². The van der Waals surface area contributed by atoms with Gasteiger partial charge in [-0.05, 0) is 50.8 Å². The molecular formula is C18H28N4. The van der Waals surface area contributed by atoms with E-state index in [4.69, 9.17) is 11.5 Å². The maximum atomic E-state index is 5.39. The van der Waals surface area contributed by atoms with Gasteiger partial charge in [0.2, 0.25) is 0 Å². The molecule has 4 nitrogen and oxygen atoms in total. The minimum Gasteiger partial charge on any atom is -0.397 e. The molecule has 0 amide bonds. The number of benzene rings is 1. The Labute approximate surface area is 134 Å². The molecule has 0 bridgehead atoms. The van der Waals surface area contributed by atoms with Crippen molar-refractivity contribution in [2.24, 2.45) is 4.99 Å². The van der Waals surface area contributed by atoms with E-state index in [1.54, 1.807) is 12.1 Å². The lowest BCUT2D eigenvalue weighted by Crippen LogP contribution is -2.23. The molecule has 0 spiro atoms. The molecule has 5 N–H and O–H groups in total. The normalized spacial score (nSPS) is 18.6. The Morgan fingerprint density at radius 3 is 2.41 bits per heavy atom. The van der Waals surface area contributed by atoms with Crippen LogP contribution in [0.1, 0.15) is 40.0 Å². The van der Waals surface area contributed by atoms with Gasteiger partial charge >= 0.3 is 0 Å². The Hall–Kier alpha value is -2.23. The van der Waals surface area contributed by atoms with Crippen molar-refractivity contribution >= 4 is 17.6 Å². The van der Waals surface area contributed by atoms with Crippen molar-refractivity contribution in [1.82, 2.24) is 5.32 Å². The number of allylic oxidation sites excluding steroid dienone is 2. The van der Waals surface area contributed by atoms with Crippen molar-refractivity contribution in [3.8, 4) is 0 Å². The Morgan fingerprint density at radius 1 is 1.27 bits per heavy atom. The molecule has 0 atom stereocenters. The quantitative estimate of drug-likeness (QED) is 0.573. The number of hydrogen-bond donors (Lipinski definition) is 3. The highest BCUT2D eigenvalue weighted by molar-refractivity contribution is 5.62. The zero-order valence-corrected chi connectivity index (χ0v) is 13.9. The van der Waals surface area contributed by atoms with Gasteiger partial charge in [-0.2, -0.15) is 0 Å². The molecule has 1 aliphatic rings. The molecule has 1 fully saturated rings. The minimum absolute atomic E-state index is 0.646. The lowest BCUT2D eigenvalue weighted by Gasteiger charge is -2.22. The largest absolute Gasteiger partial charge is 0.397 e. The number of piperidine rings is 1. The van der Waals surface area contributed by atoms with Crippen molar-refractivity contribution in [3.63, 3.8) is 0 Å². The number of nitrogens with two attached hydrogens (primary N) is 2. The topological polar surface area (TPSA) is 76.4 Å². The standard InChI is InChI=1S/C12H20N2.C6H8N2/c1-4-10(3)12-11(9-13-5-2)7-6-8-14-12;7-5-3-1-2-4-6(5)8/h5,9,14H,4,6-8H2,1-3H3;1-4H,7-8H2/b11-9-,12-10-,13-5?;. The zero-order chi connectivity index (χ0) is 16.4. The summed E-state index contributed by atoms with van der Waals surface area (Å²) in [5.74, 6) is 0. The summed E-state index contributed by atoms with van der Waals surface area (Å²) in [6, 6.07) is 7.25. The first-order valence-corrected chi connectivity index (χ1v) is 7.80. The summed E-state index contributed by atoms with van der Waals surface area (Å²) >= 11 is 0. The summed E-state index contributed by atoms with van der Waals surface area (Å²) in [4.78, 5) is 4.20. The molecular weight excluding hydrogens is 272 g/mol. The van der Waals surface area contributed by atoms with Gasteiger partial charge in [-0.15, -0.1) is 0 Å². The van der Waals surface area contributed by atoms with Crippen LogP contribution in [0.25, 0.3) is 0 Å². The Bertz CT molecular complexity index is 535. The molecule has 1 heterocycles. The van der Waals surface area contributed by atoms with Gasteiger partial charge in [0, 0.05) is 24.7 Å². The predicted octanol–water partition coefficient (Wildman–Crippen LogP) is 3.88. The van der Waals surface area contributed by atoms with E-state index in [1.807, 2.05) is 31.5 Å². The summed E-state index contributed by atoms with van der Waals surface area (Å²) in [6.07, 6.45) is 7.29. The van der Waals surface area contributed by atoms with Crippen LogP contribution in [0, 0.1) is 0 Å². The maximum absolute atomic E-state index is 5.39. The van der Waals surface area contributed by atoms with E-state index in [0.29, 0.717) is 11.4 Å². The molecule has 1 saturated heterocycles. The molecule has 1 aliphatic heterocycles. The second-order valence-corrected chi connectivity index (χ2v) is 5.23. The number of aliphatic imine (C=N–C) groups is 1. The van der Waals surface area contributed by atoms with Gasteiger partial charge in [-0.3, -0.25) is 4.99 Å². The fraction of sp³-hybridized carbons (Fsp3) is 0.389. The lowest BCUT2D eigenvalue weighted by molar-refractivity contribution is 0.657. The van der Waals surface area contributed by atoms with Crippen molar-refractivity contribution in [1.29, 1.82) is 0 Å². The monoisotopic (exact) mass is 300 g/mol. The third-order valence-corrected chi connectivity index (χ3v) is 3.58. The van der Waals surface area contributed by atoms with Gasteiger partial charge in [-0.25, -0.2) is 0 Å². The SMILES string of the molecule is CC=N/C=C1/CCCN/C1=C(/C)CC.Nc1ccccc1N. The molecule has 2 rings (SSSR count). The second kappa shape index (κ2) is 9.66. The van der Waals surface area contributed by atoms with Gasteiger partial charge in [0.1, 0.15) is 0 Å². The van der Waals surface area contributed by atoms with Gasteiger partial charge < -0.3 is 16.8 Å². The van der Waals surface area contributed by atoms with Crippen molar-refractivity contribution in [3.05, 3.63) is 47.3 Å². The number of rotatable bonds is 2. The van der Waals surface area contributed by atoms with Gasteiger partial charge in [0.25, 0.3) is 0 Å². The second-order valence-electron chi connectivity index (χ2n) is 5.23. The first-order valence-electron chi connectivity index (χ1n) is 7.80. The molecule has 0 saturated carbocycles. The van der Waals surface area contributed by atoms with E-state index in [9.17, 15) is 0 Å². The maximum Gasteiger partial charge on any atom is 0.0547 e. The van der Waals surface area contributed by atoms with Crippen LogP contribution in [0.4, 0.5) is 11.4 Å². The summed E-state index contributed by atoms with van der Waals surface area (Å²) in [5.41, 5.74) is 16.2. The molecule has 4 heteroatoms. The van der Waals surface area contributed by atoms with Crippen molar-refractivity contribution in [2.45, 2.75) is 40.0 Å². The summed E-state index contributed by atoms with van der Waals surface area (Å²) in [7, 11) is 0. The molecule has 0 aromatic heterocycles. The highest BCUT2D eigenvalue weighted by Gasteiger charge is 2.12. The third kappa shape index (κ3) is 5.64. The zero-order valence-electron chi connectivity index (χ0n) is 13.9. The molecule has 22 heavy (non-hydrogen) atoms. The number of para-hydroxylation sites is 2. The predicted molar refractivity (Wildman–Crippen MR) is 97.7 cm³/mol. The van der Waals surface area contributed by atoms with Crippen LogP contribution in [0.15, 0.2) is 52.3 Å². The van der Waals surface area contributed by atoms with Crippen LogP contribution in [0.3, 0.4) is 0 Å². The van der Waals surface area contributed by atoms with Gasteiger partial charge in [0.15, 0.2) is 0 Å². The Kier molecular flexibility index (Phi) is 7.83. The first kappa shape index (κ1) is 17.8. The minimum atomic E-state index is 0.646. The lowest BCUT2D eigenvalue weighted by atomic mass is 9.99. The molecule has 0 radical (unpaired) electrons. The van der Waals surface area contributed by atoms with E-state index in [-0.39, 0.29) is 0 Å². The smallest absolute Gasteiger partial charge is 0.0547 e. The van der Waals surface area contributed by atoms with Gasteiger partial charge in [0.05, 0.1) is 11.4 Å². The van der Waals surface area contributed by atoms with Gasteiger partial charge in [-0.1, -0.05) is 24.6 Å². The number of hydrogen-bond acceptors (Lipinski definition) is 4. The summed E-state index contributed by atoms with van der Waals surface area (Å²) in [5, 5.41) is 3.47. The molecule has 1 aromatic carbocycles. The number of nitrogens with one attached hydrogen (secondary N) is 1. The Morgan fingerprint density at radius 2 is 1.91 bits per heavy atom. The summed E-state index contributed by atoms with van der Waals surface area (Å²) in [6.45, 7) is 7.43. The van der Waals surface area contributed by atoms with Crippen LogP contribution >= 0.6 is 0 Å². The number of nitrogen functional groups attached to an aromatic ring is 2. The summed E-state index contributed by atoms with van der Waals surface area (Å²) < 4.78 is 0.